The lowest BCUT2D eigenvalue weighted by Gasteiger charge is -2.41. The number of aryl methyl sites for hydroxylation is 1. The number of rotatable bonds is 4. The highest BCUT2D eigenvalue weighted by Crippen LogP contribution is 2.42. The molecule has 0 saturated heterocycles. The first kappa shape index (κ1) is 15.8. The Morgan fingerprint density at radius 1 is 1.40 bits per heavy atom. The second-order valence-electron chi connectivity index (χ2n) is 6.92. The summed E-state index contributed by atoms with van der Waals surface area (Å²) in [5.41, 5.74) is 0.399. The van der Waals surface area contributed by atoms with Gasteiger partial charge in [0.05, 0.1) is 0 Å². The fourth-order valence-electron chi connectivity index (χ4n) is 3.06. The molecule has 1 fully saturated rings. The minimum absolute atomic E-state index is 0.399. The van der Waals surface area contributed by atoms with Gasteiger partial charge in [-0.3, -0.25) is 0 Å². The first-order valence-corrected chi connectivity index (χ1v) is 8.53. The summed E-state index contributed by atoms with van der Waals surface area (Å²) in [5, 5.41) is 13.5. The van der Waals surface area contributed by atoms with Crippen LogP contribution in [-0.2, 0) is 7.05 Å². The lowest BCUT2D eigenvalue weighted by Crippen LogP contribution is -2.44. The molecule has 2 rings (SSSR count). The molecule has 0 spiro atoms. The van der Waals surface area contributed by atoms with Crippen LogP contribution in [0.3, 0.4) is 0 Å². The van der Waals surface area contributed by atoms with Crippen LogP contribution in [0.15, 0.2) is 11.5 Å². The second kappa shape index (κ2) is 6.48. The summed E-state index contributed by atoms with van der Waals surface area (Å²) in [7, 11) is 2.02. The summed E-state index contributed by atoms with van der Waals surface area (Å²) < 4.78 is 2.02. The van der Waals surface area contributed by atoms with Crippen LogP contribution in [0, 0.1) is 11.3 Å². The molecule has 114 valence electrons. The summed E-state index contributed by atoms with van der Waals surface area (Å²) >= 11 is 1.89. The van der Waals surface area contributed by atoms with Crippen LogP contribution in [0.25, 0.3) is 0 Å². The number of thioether (sulfide) groups is 1. The zero-order valence-electron chi connectivity index (χ0n) is 13.4. The molecule has 1 aromatic heterocycles. The molecule has 1 aromatic rings. The molecule has 1 aliphatic carbocycles. The Morgan fingerprint density at radius 2 is 2.15 bits per heavy atom. The summed E-state index contributed by atoms with van der Waals surface area (Å²) in [6, 6.07) is 0.597. The average molecular weight is 296 g/mol. The van der Waals surface area contributed by atoms with E-state index >= 15 is 0 Å². The van der Waals surface area contributed by atoms with Crippen molar-refractivity contribution in [2.45, 2.75) is 63.4 Å². The number of nitrogens with one attached hydrogen (secondary N) is 1. The lowest BCUT2D eigenvalue weighted by molar-refractivity contribution is 0.165. The minimum Gasteiger partial charge on any atom is -0.313 e. The number of nitrogens with zero attached hydrogens (tertiary/aromatic N) is 3. The molecule has 0 bridgehead atoms. The van der Waals surface area contributed by atoms with E-state index in [0.717, 1.165) is 17.6 Å². The molecule has 1 N–H and O–H groups in total. The average Bonchev–Trinajstić information content (AvgIpc) is 2.76. The van der Waals surface area contributed by atoms with Crippen LogP contribution >= 0.6 is 11.8 Å². The van der Waals surface area contributed by atoms with Gasteiger partial charge in [-0.1, -0.05) is 39.5 Å². The first-order chi connectivity index (χ1) is 9.41. The van der Waals surface area contributed by atoms with E-state index in [2.05, 4.69) is 43.2 Å². The molecule has 1 saturated carbocycles. The molecular weight excluding hydrogens is 268 g/mol. The maximum Gasteiger partial charge on any atom is 0.191 e. The van der Waals surface area contributed by atoms with Gasteiger partial charge in [-0.25, -0.2) is 0 Å². The van der Waals surface area contributed by atoms with E-state index in [9.17, 15) is 0 Å². The summed E-state index contributed by atoms with van der Waals surface area (Å²) in [6.07, 6.45) is 5.65. The van der Waals surface area contributed by atoms with Gasteiger partial charge < -0.3 is 9.88 Å². The van der Waals surface area contributed by atoms with Gasteiger partial charge in [0.15, 0.2) is 5.16 Å². The Hall–Kier alpha value is -0.550. The highest BCUT2D eigenvalue weighted by atomic mass is 32.2. The van der Waals surface area contributed by atoms with Gasteiger partial charge in [0, 0.05) is 18.3 Å². The van der Waals surface area contributed by atoms with Gasteiger partial charge in [-0.15, -0.1) is 10.2 Å². The summed E-state index contributed by atoms with van der Waals surface area (Å²) in [6.45, 7) is 10.3. The van der Waals surface area contributed by atoms with Crippen LogP contribution in [0.2, 0.25) is 0 Å². The molecular formula is C15H28N4S. The maximum atomic E-state index is 4.24. The fraction of sp³-hybridized carbons (Fsp3) is 0.867. The van der Waals surface area contributed by atoms with Crippen LogP contribution in [0.5, 0.6) is 0 Å². The fourth-order valence-corrected chi connectivity index (χ4v) is 4.36. The van der Waals surface area contributed by atoms with Crippen molar-refractivity contribution >= 4 is 11.8 Å². The molecule has 0 radical (unpaired) electrons. The van der Waals surface area contributed by atoms with Gasteiger partial charge in [0.1, 0.15) is 6.33 Å². The predicted molar refractivity (Wildman–Crippen MR) is 84.9 cm³/mol. The van der Waals surface area contributed by atoms with E-state index in [1.807, 2.05) is 23.4 Å². The van der Waals surface area contributed by atoms with Crippen molar-refractivity contribution in [1.29, 1.82) is 0 Å². The minimum atomic E-state index is 0.399. The maximum absolute atomic E-state index is 4.24. The smallest absolute Gasteiger partial charge is 0.191 e. The largest absolute Gasteiger partial charge is 0.313 e. The van der Waals surface area contributed by atoms with Crippen LogP contribution in [0.4, 0.5) is 0 Å². The molecule has 0 aromatic carbocycles. The third kappa shape index (κ3) is 3.76. The predicted octanol–water partition coefficient (Wildman–Crippen LogP) is 3.10. The van der Waals surface area contributed by atoms with Gasteiger partial charge in [0.25, 0.3) is 0 Å². The van der Waals surface area contributed by atoms with Crippen LogP contribution in [0.1, 0.15) is 47.0 Å². The van der Waals surface area contributed by atoms with Crippen molar-refractivity contribution in [2.24, 2.45) is 18.4 Å². The van der Waals surface area contributed by atoms with E-state index < -0.39 is 0 Å². The molecule has 4 nitrogen and oxygen atoms in total. The molecule has 1 heterocycles. The monoisotopic (exact) mass is 296 g/mol. The topological polar surface area (TPSA) is 42.7 Å². The van der Waals surface area contributed by atoms with Crippen molar-refractivity contribution in [3.8, 4) is 0 Å². The Bertz CT molecular complexity index is 424. The highest BCUT2D eigenvalue weighted by molar-refractivity contribution is 7.99. The molecule has 5 heteroatoms. The summed E-state index contributed by atoms with van der Waals surface area (Å²) in [5.74, 6) is 0.795. The van der Waals surface area contributed by atoms with Gasteiger partial charge in [-0.05, 0) is 37.1 Å². The Labute approximate surface area is 127 Å². The SMILES string of the molecule is CCNC1CCC(C(C)(C)C)CC1Sc1nncn1C. The number of hydrogen-bond acceptors (Lipinski definition) is 4. The molecule has 20 heavy (non-hydrogen) atoms. The Kier molecular flexibility index (Phi) is 5.13. The van der Waals surface area contributed by atoms with Crippen molar-refractivity contribution in [3.63, 3.8) is 0 Å². The first-order valence-electron chi connectivity index (χ1n) is 7.65. The van der Waals surface area contributed by atoms with E-state index in [1.54, 1.807) is 6.33 Å². The normalized spacial score (nSPS) is 27.8. The molecule has 3 unspecified atom stereocenters. The second-order valence-corrected chi connectivity index (χ2v) is 8.13. The van der Waals surface area contributed by atoms with E-state index in [4.69, 9.17) is 0 Å². The van der Waals surface area contributed by atoms with Crippen molar-refractivity contribution in [3.05, 3.63) is 6.33 Å². The number of aromatic nitrogens is 3. The highest BCUT2D eigenvalue weighted by Gasteiger charge is 2.36. The van der Waals surface area contributed by atoms with E-state index in [0.29, 0.717) is 16.7 Å². The molecule has 3 atom stereocenters. The van der Waals surface area contributed by atoms with Crippen LogP contribution < -0.4 is 5.32 Å². The van der Waals surface area contributed by atoms with Gasteiger partial charge in [-0.2, -0.15) is 0 Å². The standard InChI is InChI=1S/C15H28N4S/c1-6-16-12-8-7-11(15(2,3)4)9-13(12)20-14-18-17-10-19(14)5/h10-13,16H,6-9H2,1-5H3. The van der Waals surface area contributed by atoms with Gasteiger partial charge >= 0.3 is 0 Å². The number of hydrogen-bond donors (Lipinski definition) is 1. The summed E-state index contributed by atoms with van der Waals surface area (Å²) in [4.78, 5) is 0. The van der Waals surface area contributed by atoms with Gasteiger partial charge in [0.2, 0.25) is 0 Å². The van der Waals surface area contributed by atoms with Crippen molar-refractivity contribution in [2.75, 3.05) is 6.54 Å². The Balaban J connectivity index is 2.08. The third-order valence-corrected chi connectivity index (χ3v) is 5.81. The zero-order valence-corrected chi connectivity index (χ0v) is 14.2. The molecule has 1 aliphatic rings. The molecule has 0 aliphatic heterocycles. The van der Waals surface area contributed by atoms with E-state index in [-0.39, 0.29) is 0 Å². The van der Waals surface area contributed by atoms with Crippen LogP contribution in [-0.4, -0.2) is 32.6 Å². The van der Waals surface area contributed by atoms with Crippen molar-refractivity contribution in [1.82, 2.24) is 20.1 Å². The molecule has 0 amide bonds. The third-order valence-electron chi connectivity index (χ3n) is 4.41. The quantitative estimate of drug-likeness (QED) is 0.927. The lowest BCUT2D eigenvalue weighted by atomic mass is 9.71. The Morgan fingerprint density at radius 3 is 2.70 bits per heavy atom. The zero-order chi connectivity index (χ0) is 14.8. The van der Waals surface area contributed by atoms with Crippen molar-refractivity contribution < 1.29 is 0 Å². The van der Waals surface area contributed by atoms with E-state index in [1.165, 1.54) is 19.3 Å².